The number of hydrogen-bond acceptors (Lipinski definition) is 6. The number of ether oxygens (including phenoxy) is 2. The zero-order valence-corrected chi connectivity index (χ0v) is 11.4. The van der Waals surface area contributed by atoms with Crippen LogP contribution in [0.2, 0.25) is 0 Å². The fraction of sp³-hybridized carbons (Fsp3) is 0.462. The second kappa shape index (κ2) is 5.87. The second-order valence-electron chi connectivity index (χ2n) is 4.45. The van der Waals surface area contributed by atoms with Crippen molar-refractivity contribution in [2.75, 3.05) is 38.3 Å². The van der Waals surface area contributed by atoms with Crippen molar-refractivity contribution in [1.29, 1.82) is 0 Å². The SMILES string of the molecule is COC(=O)c1ccc(N2CCOCC2)c(C)c1[N+](=O)[O-]. The highest BCUT2D eigenvalue weighted by Crippen LogP contribution is 2.32. The van der Waals surface area contributed by atoms with Crippen LogP contribution in [0.15, 0.2) is 12.1 Å². The van der Waals surface area contributed by atoms with Crippen LogP contribution in [0.3, 0.4) is 0 Å². The van der Waals surface area contributed by atoms with Gasteiger partial charge in [-0.1, -0.05) is 0 Å². The number of carbonyl (C=O) groups is 1. The number of nitrogens with zero attached hydrogens (tertiary/aromatic N) is 2. The van der Waals surface area contributed by atoms with E-state index in [0.29, 0.717) is 31.9 Å². The first-order chi connectivity index (χ1) is 9.56. The lowest BCUT2D eigenvalue weighted by molar-refractivity contribution is -0.385. The monoisotopic (exact) mass is 280 g/mol. The van der Waals surface area contributed by atoms with Gasteiger partial charge in [0.25, 0.3) is 5.69 Å². The predicted octanol–water partition coefficient (Wildman–Crippen LogP) is 1.53. The summed E-state index contributed by atoms with van der Waals surface area (Å²) in [4.78, 5) is 24.4. The third-order valence-corrected chi connectivity index (χ3v) is 3.34. The Bertz CT molecular complexity index is 538. The van der Waals surface area contributed by atoms with Gasteiger partial charge in [-0.05, 0) is 19.1 Å². The molecule has 1 saturated heterocycles. The molecule has 7 nitrogen and oxygen atoms in total. The molecule has 0 atom stereocenters. The van der Waals surface area contributed by atoms with Crippen LogP contribution in [0.1, 0.15) is 15.9 Å². The molecule has 0 aliphatic carbocycles. The Morgan fingerprint density at radius 3 is 2.60 bits per heavy atom. The van der Waals surface area contributed by atoms with Gasteiger partial charge >= 0.3 is 5.97 Å². The van der Waals surface area contributed by atoms with Crippen molar-refractivity contribution in [1.82, 2.24) is 0 Å². The van der Waals surface area contributed by atoms with Crippen LogP contribution in [0.5, 0.6) is 0 Å². The highest BCUT2D eigenvalue weighted by Gasteiger charge is 2.27. The van der Waals surface area contributed by atoms with E-state index in [0.717, 1.165) is 5.69 Å². The number of anilines is 1. The van der Waals surface area contributed by atoms with E-state index in [1.807, 2.05) is 4.90 Å². The first kappa shape index (κ1) is 14.3. The van der Waals surface area contributed by atoms with E-state index >= 15 is 0 Å². The minimum atomic E-state index is -0.701. The van der Waals surface area contributed by atoms with Gasteiger partial charge in [0.2, 0.25) is 0 Å². The Morgan fingerprint density at radius 2 is 2.05 bits per heavy atom. The van der Waals surface area contributed by atoms with Crippen LogP contribution < -0.4 is 4.90 Å². The van der Waals surface area contributed by atoms with Gasteiger partial charge in [-0.2, -0.15) is 0 Å². The van der Waals surface area contributed by atoms with Crippen molar-refractivity contribution < 1.29 is 19.2 Å². The molecule has 1 fully saturated rings. The summed E-state index contributed by atoms with van der Waals surface area (Å²) in [6.07, 6.45) is 0. The Morgan fingerprint density at radius 1 is 1.40 bits per heavy atom. The maximum Gasteiger partial charge on any atom is 0.344 e. The molecule has 0 unspecified atom stereocenters. The van der Waals surface area contributed by atoms with Crippen LogP contribution in [-0.2, 0) is 9.47 Å². The average molecular weight is 280 g/mol. The molecule has 0 aromatic heterocycles. The number of carbonyl (C=O) groups excluding carboxylic acids is 1. The molecule has 20 heavy (non-hydrogen) atoms. The summed E-state index contributed by atoms with van der Waals surface area (Å²) < 4.78 is 9.86. The minimum absolute atomic E-state index is 0.0213. The number of benzene rings is 1. The van der Waals surface area contributed by atoms with Crippen LogP contribution in [0, 0.1) is 17.0 Å². The third kappa shape index (κ3) is 2.57. The molecule has 0 N–H and O–H groups in total. The molecule has 1 aliphatic rings. The molecule has 2 rings (SSSR count). The van der Waals surface area contributed by atoms with Crippen LogP contribution in [-0.4, -0.2) is 44.3 Å². The lowest BCUT2D eigenvalue weighted by atomic mass is 10.0. The number of methoxy groups -OCH3 is 1. The fourth-order valence-corrected chi connectivity index (χ4v) is 2.35. The summed E-state index contributed by atoms with van der Waals surface area (Å²) in [7, 11) is 1.21. The van der Waals surface area contributed by atoms with Crippen molar-refractivity contribution in [3.63, 3.8) is 0 Å². The standard InChI is InChI=1S/C13H16N2O5/c1-9-11(14-5-7-20-8-6-14)4-3-10(13(16)19-2)12(9)15(17)18/h3-4H,5-8H2,1-2H3. The van der Waals surface area contributed by atoms with Crippen molar-refractivity contribution in [3.05, 3.63) is 33.4 Å². The van der Waals surface area contributed by atoms with E-state index in [1.165, 1.54) is 13.2 Å². The van der Waals surface area contributed by atoms with Gasteiger partial charge < -0.3 is 14.4 Å². The van der Waals surface area contributed by atoms with Gasteiger partial charge in [-0.3, -0.25) is 10.1 Å². The quantitative estimate of drug-likeness (QED) is 0.474. The van der Waals surface area contributed by atoms with Gasteiger partial charge in [-0.25, -0.2) is 4.79 Å². The molecule has 1 aromatic rings. The van der Waals surface area contributed by atoms with Crippen molar-refractivity contribution in [2.24, 2.45) is 0 Å². The molecule has 0 amide bonds. The molecule has 108 valence electrons. The molecule has 0 spiro atoms. The van der Waals surface area contributed by atoms with Gasteiger partial charge in [0, 0.05) is 18.8 Å². The van der Waals surface area contributed by atoms with E-state index in [-0.39, 0.29) is 11.3 Å². The minimum Gasteiger partial charge on any atom is -0.465 e. The average Bonchev–Trinajstić information content (AvgIpc) is 2.46. The highest BCUT2D eigenvalue weighted by atomic mass is 16.6. The Labute approximate surface area is 116 Å². The zero-order valence-electron chi connectivity index (χ0n) is 11.4. The van der Waals surface area contributed by atoms with E-state index < -0.39 is 10.9 Å². The maximum absolute atomic E-state index is 11.6. The number of hydrogen-bond donors (Lipinski definition) is 0. The van der Waals surface area contributed by atoms with Crippen LogP contribution in [0.25, 0.3) is 0 Å². The van der Waals surface area contributed by atoms with Crippen LogP contribution >= 0.6 is 0 Å². The van der Waals surface area contributed by atoms with E-state index in [2.05, 4.69) is 4.74 Å². The third-order valence-electron chi connectivity index (χ3n) is 3.34. The highest BCUT2D eigenvalue weighted by molar-refractivity contribution is 5.95. The molecule has 0 bridgehead atoms. The van der Waals surface area contributed by atoms with E-state index in [9.17, 15) is 14.9 Å². The topological polar surface area (TPSA) is 81.9 Å². The fourth-order valence-electron chi connectivity index (χ4n) is 2.35. The summed E-state index contributed by atoms with van der Waals surface area (Å²) in [5.74, 6) is -0.701. The summed E-state index contributed by atoms with van der Waals surface area (Å²) >= 11 is 0. The smallest absolute Gasteiger partial charge is 0.344 e. The Kier molecular flexibility index (Phi) is 4.19. The molecular weight excluding hydrogens is 264 g/mol. The number of esters is 1. The largest absolute Gasteiger partial charge is 0.465 e. The summed E-state index contributed by atoms with van der Waals surface area (Å²) in [6, 6.07) is 3.17. The molecule has 1 aromatic carbocycles. The molecule has 7 heteroatoms. The lowest BCUT2D eigenvalue weighted by Gasteiger charge is -2.30. The van der Waals surface area contributed by atoms with Crippen molar-refractivity contribution in [2.45, 2.75) is 6.92 Å². The second-order valence-corrected chi connectivity index (χ2v) is 4.45. The molecule has 0 radical (unpaired) electrons. The Balaban J connectivity index is 2.48. The van der Waals surface area contributed by atoms with E-state index in [4.69, 9.17) is 4.74 Å². The van der Waals surface area contributed by atoms with Gasteiger partial charge in [0.15, 0.2) is 0 Å². The summed E-state index contributed by atoms with van der Waals surface area (Å²) in [5.41, 5.74) is 1.01. The molecular formula is C13H16N2O5. The van der Waals surface area contributed by atoms with Crippen molar-refractivity contribution in [3.8, 4) is 0 Å². The maximum atomic E-state index is 11.6. The molecule has 1 aliphatic heterocycles. The van der Waals surface area contributed by atoms with Crippen molar-refractivity contribution >= 4 is 17.3 Å². The normalized spacial score (nSPS) is 15.0. The summed E-state index contributed by atoms with van der Waals surface area (Å²) in [6.45, 7) is 4.18. The number of rotatable bonds is 3. The van der Waals surface area contributed by atoms with Gasteiger partial charge in [-0.15, -0.1) is 0 Å². The van der Waals surface area contributed by atoms with E-state index in [1.54, 1.807) is 13.0 Å². The lowest BCUT2D eigenvalue weighted by Crippen LogP contribution is -2.36. The molecule has 0 saturated carbocycles. The van der Waals surface area contributed by atoms with Gasteiger partial charge in [0.05, 0.1) is 30.8 Å². The predicted molar refractivity (Wildman–Crippen MR) is 72.2 cm³/mol. The Hall–Kier alpha value is -2.15. The van der Waals surface area contributed by atoms with Crippen LogP contribution in [0.4, 0.5) is 11.4 Å². The number of nitro benzene ring substituents is 1. The number of nitro groups is 1. The zero-order chi connectivity index (χ0) is 14.7. The first-order valence-electron chi connectivity index (χ1n) is 6.25. The molecule has 1 heterocycles. The summed E-state index contributed by atoms with van der Waals surface area (Å²) in [5, 5.41) is 11.3. The van der Waals surface area contributed by atoms with Gasteiger partial charge in [0.1, 0.15) is 5.56 Å². The first-order valence-corrected chi connectivity index (χ1v) is 6.25. The number of morpholine rings is 1.